The number of fused-ring (bicyclic) bond motifs is 5. The summed E-state index contributed by atoms with van der Waals surface area (Å²) in [5.41, 5.74) is 1.41. The molecule has 3 amide bonds. The normalized spacial score (nSPS) is 31.9. The Morgan fingerprint density at radius 2 is 1.27 bits per heavy atom. The first-order chi connectivity index (χ1) is 14.5. The lowest BCUT2D eigenvalue weighted by Crippen LogP contribution is -2.42. The number of alkyl halides is 2. The lowest BCUT2D eigenvalue weighted by Gasteiger charge is -2.28. The topological polar surface area (TPSA) is 57.7 Å². The van der Waals surface area contributed by atoms with Crippen molar-refractivity contribution >= 4 is 61.0 Å². The maximum atomic E-state index is 13.4. The molecule has 0 spiro atoms. The molecule has 0 radical (unpaired) electrons. The summed E-state index contributed by atoms with van der Waals surface area (Å²) in [6.45, 7) is -0.242. The van der Waals surface area contributed by atoms with Crippen LogP contribution in [-0.4, -0.2) is 38.8 Å². The number of carbonyl (C=O) groups is 3. The summed E-state index contributed by atoms with van der Waals surface area (Å²) < 4.78 is 0. The van der Waals surface area contributed by atoms with E-state index in [4.69, 9.17) is 0 Å². The number of rotatable bonds is 4. The number of hydrogen-bond donors (Lipinski definition) is 0. The van der Waals surface area contributed by atoms with Gasteiger partial charge in [-0.1, -0.05) is 68.3 Å². The molecular weight excluding hydrogens is 512 g/mol. The second-order valence-electron chi connectivity index (χ2n) is 8.17. The summed E-state index contributed by atoms with van der Waals surface area (Å²) in [7, 11) is 0. The zero-order chi connectivity index (χ0) is 21.0. The molecule has 6 atom stereocenters. The fourth-order valence-corrected chi connectivity index (χ4v) is 7.24. The van der Waals surface area contributed by atoms with Crippen LogP contribution in [0, 0.1) is 23.7 Å². The molecule has 2 bridgehead atoms. The number of anilines is 2. The van der Waals surface area contributed by atoms with Crippen molar-refractivity contribution in [2.24, 2.45) is 23.7 Å². The van der Waals surface area contributed by atoms with E-state index < -0.39 is 0 Å². The van der Waals surface area contributed by atoms with Crippen LogP contribution in [0.4, 0.5) is 11.4 Å². The minimum absolute atomic E-state index is 0.139. The summed E-state index contributed by atoms with van der Waals surface area (Å²) in [5.74, 6) is -1.04. The number of imide groups is 1. The van der Waals surface area contributed by atoms with Gasteiger partial charge in [-0.25, -0.2) is 0 Å². The first-order valence-corrected chi connectivity index (χ1v) is 11.9. The average Bonchev–Trinajstić information content (AvgIpc) is 3.36. The fraction of sp³-hybridized carbons (Fsp3) is 0.348. The van der Waals surface area contributed by atoms with Gasteiger partial charge in [0.25, 0.3) is 5.91 Å². The van der Waals surface area contributed by atoms with E-state index in [2.05, 4.69) is 31.9 Å². The Morgan fingerprint density at radius 3 is 1.70 bits per heavy atom. The van der Waals surface area contributed by atoms with Crippen LogP contribution in [0.1, 0.15) is 6.42 Å². The van der Waals surface area contributed by atoms with E-state index in [0.29, 0.717) is 11.4 Å². The molecule has 1 heterocycles. The molecule has 154 valence electrons. The quantitative estimate of drug-likeness (QED) is 0.440. The zero-order valence-corrected chi connectivity index (χ0v) is 19.2. The van der Waals surface area contributed by atoms with Crippen LogP contribution in [0.25, 0.3) is 0 Å². The fourth-order valence-electron chi connectivity index (χ4n) is 5.36. The predicted molar refractivity (Wildman–Crippen MR) is 121 cm³/mol. The standard InChI is InChI=1S/C23H20Br2N2O3/c24-20-15-11-16(21(20)25)19-18(15)22(29)26(23(19)30)12-17(28)27(13-7-3-1-4-8-13)14-9-5-2-6-10-14/h1-10,15-16,18-21H,11-12H2/t15-,16-,18-,19-,20-,21+/m1/s1. The van der Waals surface area contributed by atoms with Gasteiger partial charge in [-0.05, 0) is 42.5 Å². The van der Waals surface area contributed by atoms with Crippen molar-refractivity contribution in [3.8, 4) is 0 Å². The number of halogens is 2. The smallest absolute Gasteiger partial charge is 0.251 e. The molecule has 5 nitrogen and oxygen atoms in total. The maximum Gasteiger partial charge on any atom is 0.251 e. The van der Waals surface area contributed by atoms with Crippen LogP contribution in [0.15, 0.2) is 60.7 Å². The number of carbonyl (C=O) groups excluding carboxylic acids is 3. The van der Waals surface area contributed by atoms with Crippen LogP contribution in [-0.2, 0) is 14.4 Å². The van der Waals surface area contributed by atoms with Gasteiger partial charge in [0, 0.05) is 21.0 Å². The molecule has 30 heavy (non-hydrogen) atoms. The molecule has 5 rings (SSSR count). The molecule has 7 heteroatoms. The van der Waals surface area contributed by atoms with Crippen molar-refractivity contribution in [2.45, 2.75) is 16.1 Å². The van der Waals surface area contributed by atoms with Crippen LogP contribution in [0.3, 0.4) is 0 Å². The molecular formula is C23H20Br2N2O3. The highest BCUT2D eigenvalue weighted by atomic mass is 79.9. The minimum Gasteiger partial charge on any atom is -0.280 e. The first kappa shape index (κ1) is 19.9. The molecule has 2 aromatic carbocycles. The van der Waals surface area contributed by atoms with Crippen LogP contribution >= 0.6 is 31.9 Å². The van der Waals surface area contributed by atoms with Gasteiger partial charge in [-0.2, -0.15) is 0 Å². The third-order valence-electron chi connectivity index (χ3n) is 6.65. The van der Waals surface area contributed by atoms with E-state index >= 15 is 0 Å². The number of nitrogens with zero attached hydrogens (tertiary/aromatic N) is 2. The highest BCUT2D eigenvalue weighted by Crippen LogP contribution is 2.60. The number of amides is 3. The van der Waals surface area contributed by atoms with Crippen LogP contribution in [0.2, 0.25) is 0 Å². The Bertz CT molecular complexity index is 929. The molecule has 3 aliphatic rings. The van der Waals surface area contributed by atoms with Crippen molar-refractivity contribution in [2.75, 3.05) is 11.4 Å². The number of benzene rings is 2. The number of hydrogen-bond acceptors (Lipinski definition) is 3. The minimum atomic E-state index is -0.310. The van der Waals surface area contributed by atoms with Crippen molar-refractivity contribution in [1.29, 1.82) is 0 Å². The molecule has 0 unspecified atom stereocenters. The van der Waals surface area contributed by atoms with E-state index in [-0.39, 0.29) is 57.6 Å². The Kier molecular flexibility index (Phi) is 5.06. The van der Waals surface area contributed by atoms with Gasteiger partial charge >= 0.3 is 0 Å². The van der Waals surface area contributed by atoms with E-state index in [9.17, 15) is 14.4 Å². The molecule has 1 aliphatic heterocycles. The first-order valence-electron chi connectivity index (χ1n) is 10.1. The van der Waals surface area contributed by atoms with Crippen molar-refractivity contribution in [1.82, 2.24) is 4.90 Å². The summed E-state index contributed by atoms with van der Waals surface area (Å²) in [6, 6.07) is 18.6. The second kappa shape index (κ2) is 7.61. The molecule has 2 aliphatic carbocycles. The van der Waals surface area contributed by atoms with Gasteiger partial charge in [-0.3, -0.25) is 24.2 Å². The van der Waals surface area contributed by atoms with Crippen molar-refractivity contribution < 1.29 is 14.4 Å². The van der Waals surface area contributed by atoms with Crippen molar-refractivity contribution in [3.05, 3.63) is 60.7 Å². The second-order valence-corrected chi connectivity index (χ2v) is 10.3. The summed E-state index contributed by atoms with van der Waals surface area (Å²) in [6.07, 6.45) is 0.876. The number of likely N-dealkylation sites (tertiary alicyclic amines) is 1. The molecule has 0 N–H and O–H groups in total. The average molecular weight is 532 g/mol. The Hall–Kier alpha value is -1.99. The molecule has 1 saturated heterocycles. The van der Waals surface area contributed by atoms with E-state index in [0.717, 1.165) is 6.42 Å². The third kappa shape index (κ3) is 2.97. The Morgan fingerprint density at radius 1 is 0.833 bits per heavy atom. The van der Waals surface area contributed by atoms with E-state index in [1.807, 2.05) is 60.7 Å². The van der Waals surface area contributed by atoms with Gasteiger partial charge < -0.3 is 0 Å². The summed E-state index contributed by atoms with van der Waals surface area (Å²) in [5, 5.41) is 0. The van der Waals surface area contributed by atoms with Gasteiger partial charge in [0.1, 0.15) is 6.54 Å². The Balaban J connectivity index is 1.43. The largest absolute Gasteiger partial charge is 0.280 e. The van der Waals surface area contributed by atoms with E-state index in [1.165, 1.54) is 4.90 Å². The van der Waals surface area contributed by atoms with Gasteiger partial charge in [0.2, 0.25) is 11.8 Å². The Labute approximate surface area is 191 Å². The summed E-state index contributed by atoms with van der Waals surface area (Å²) in [4.78, 5) is 42.8. The maximum absolute atomic E-state index is 13.4. The van der Waals surface area contributed by atoms with Gasteiger partial charge in [0.15, 0.2) is 0 Å². The summed E-state index contributed by atoms with van der Waals surface area (Å²) >= 11 is 7.39. The lowest BCUT2D eigenvalue weighted by atomic mass is 9.81. The predicted octanol–water partition coefficient (Wildman–Crippen LogP) is 4.13. The SMILES string of the molecule is O=C1[C@@H]2[C@H]3C[C@@H]([C@@H](Br)[C@H]3Br)[C@H]2C(=O)N1CC(=O)N(c1ccccc1)c1ccccc1. The molecule has 3 fully saturated rings. The van der Waals surface area contributed by atoms with Crippen molar-refractivity contribution in [3.63, 3.8) is 0 Å². The highest BCUT2D eigenvalue weighted by molar-refractivity contribution is 9.12. The number of para-hydroxylation sites is 2. The van der Waals surface area contributed by atoms with E-state index in [1.54, 1.807) is 4.90 Å². The molecule has 2 aromatic rings. The van der Waals surface area contributed by atoms with Gasteiger partial charge in [-0.15, -0.1) is 0 Å². The lowest BCUT2D eigenvalue weighted by molar-refractivity contribution is -0.143. The van der Waals surface area contributed by atoms with Crippen LogP contribution < -0.4 is 4.90 Å². The highest BCUT2D eigenvalue weighted by Gasteiger charge is 2.66. The van der Waals surface area contributed by atoms with Gasteiger partial charge in [0.05, 0.1) is 11.8 Å². The molecule has 0 aromatic heterocycles. The monoisotopic (exact) mass is 530 g/mol. The van der Waals surface area contributed by atoms with Crippen LogP contribution in [0.5, 0.6) is 0 Å². The molecule has 2 saturated carbocycles. The third-order valence-corrected chi connectivity index (χ3v) is 9.86. The zero-order valence-electron chi connectivity index (χ0n) is 16.0.